The van der Waals surface area contributed by atoms with Gasteiger partial charge in [-0.15, -0.1) is 24.0 Å². The van der Waals surface area contributed by atoms with E-state index >= 15 is 0 Å². The summed E-state index contributed by atoms with van der Waals surface area (Å²) in [4.78, 5) is 8.88. The van der Waals surface area contributed by atoms with Crippen LogP contribution in [0.2, 0.25) is 0 Å². The van der Waals surface area contributed by atoms with Crippen LogP contribution < -0.4 is 20.1 Å². The van der Waals surface area contributed by atoms with E-state index in [9.17, 15) is 0 Å². The summed E-state index contributed by atoms with van der Waals surface area (Å²) >= 11 is 0. The highest BCUT2D eigenvalue weighted by atomic mass is 127. The molecule has 1 heterocycles. The van der Waals surface area contributed by atoms with Gasteiger partial charge in [0.1, 0.15) is 23.9 Å². The SMILES string of the molecule is CCNC(=NCc1cccc(-c2ncn[nH]2)c1)NCC(C)Oc1cccc(OC)c1.I. The maximum absolute atomic E-state index is 5.96. The standard InChI is InChI=1S/C22H28N6O2.HI/c1-4-23-22(24-13-16(2)30-20-10-6-9-19(12-20)29-3)25-14-17-7-5-8-18(11-17)21-26-15-27-28-21;/h5-12,15-16H,4,13-14H2,1-3H3,(H2,23,24,25)(H,26,27,28);1H. The average Bonchev–Trinajstić information content (AvgIpc) is 3.31. The second-order valence-corrected chi connectivity index (χ2v) is 6.72. The Morgan fingerprint density at radius 1 is 1.13 bits per heavy atom. The number of rotatable bonds is 9. The molecule has 0 aliphatic heterocycles. The number of ether oxygens (including phenoxy) is 2. The van der Waals surface area contributed by atoms with Gasteiger partial charge in [-0.05, 0) is 37.6 Å². The van der Waals surface area contributed by atoms with Crippen LogP contribution in [0.4, 0.5) is 0 Å². The zero-order chi connectivity index (χ0) is 21.2. The summed E-state index contributed by atoms with van der Waals surface area (Å²) in [5.41, 5.74) is 2.07. The molecule has 31 heavy (non-hydrogen) atoms. The first kappa shape index (κ1) is 24.4. The zero-order valence-corrected chi connectivity index (χ0v) is 20.3. The van der Waals surface area contributed by atoms with Crippen LogP contribution in [0, 0.1) is 0 Å². The van der Waals surface area contributed by atoms with Crippen molar-refractivity contribution in [2.45, 2.75) is 26.5 Å². The van der Waals surface area contributed by atoms with Crippen LogP contribution in [-0.4, -0.2) is 47.4 Å². The molecule has 3 aromatic rings. The van der Waals surface area contributed by atoms with Crippen LogP contribution in [0.1, 0.15) is 19.4 Å². The van der Waals surface area contributed by atoms with Crippen LogP contribution in [-0.2, 0) is 6.54 Å². The highest BCUT2D eigenvalue weighted by Gasteiger charge is 2.07. The molecule has 3 N–H and O–H groups in total. The molecule has 0 fully saturated rings. The van der Waals surface area contributed by atoms with E-state index in [1.54, 1.807) is 7.11 Å². The molecule has 0 radical (unpaired) electrons. The summed E-state index contributed by atoms with van der Waals surface area (Å²) in [6.45, 7) is 5.98. The molecule has 0 amide bonds. The van der Waals surface area contributed by atoms with Gasteiger partial charge in [0.05, 0.1) is 20.2 Å². The van der Waals surface area contributed by atoms with E-state index in [4.69, 9.17) is 9.47 Å². The number of nitrogens with zero attached hydrogens (tertiary/aromatic N) is 3. The Morgan fingerprint density at radius 2 is 1.94 bits per heavy atom. The number of aromatic amines is 1. The molecule has 0 saturated carbocycles. The normalized spacial score (nSPS) is 11.9. The molecule has 3 rings (SSSR count). The Morgan fingerprint density at radius 3 is 2.68 bits per heavy atom. The number of aromatic nitrogens is 3. The molecule has 0 bridgehead atoms. The fourth-order valence-electron chi connectivity index (χ4n) is 2.86. The Hall–Kier alpha value is -2.82. The third-order valence-electron chi connectivity index (χ3n) is 4.31. The molecule has 1 aromatic heterocycles. The van der Waals surface area contributed by atoms with E-state index in [-0.39, 0.29) is 30.1 Å². The zero-order valence-electron chi connectivity index (χ0n) is 18.0. The molecule has 9 heteroatoms. The van der Waals surface area contributed by atoms with Crippen molar-refractivity contribution >= 4 is 29.9 Å². The second kappa shape index (κ2) is 12.8. The van der Waals surface area contributed by atoms with Gasteiger partial charge < -0.3 is 20.1 Å². The van der Waals surface area contributed by atoms with Gasteiger partial charge in [-0.3, -0.25) is 5.10 Å². The van der Waals surface area contributed by atoms with E-state index in [0.29, 0.717) is 13.1 Å². The lowest BCUT2D eigenvalue weighted by Gasteiger charge is -2.18. The molecular weight excluding hydrogens is 507 g/mol. The Labute approximate surface area is 199 Å². The van der Waals surface area contributed by atoms with Crippen molar-refractivity contribution in [3.8, 4) is 22.9 Å². The maximum atomic E-state index is 5.96. The Balaban J connectivity index is 0.00000341. The van der Waals surface area contributed by atoms with Gasteiger partial charge in [-0.1, -0.05) is 24.3 Å². The molecule has 166 valence electrons. The van der Waals surface area contributed by atoms with Gasteiger partial charge in [0.25, 0.3) is 0 Å². The van der Waals surface area contributed by atoms with Crippen molar-refractivity contribution in [1.29, 1.82) is 0 Å². The van der Waals surface area contributed by atoms with Crippen LogP contribution in [0.25, 0.3) is 11.4 Å². The molecule has 0 saturated heterocycles. The molecule has 8 nitrogen and oxygen atoms in total. The first-order chi connectivity index (χ1) is 14.7. The van der Waals surface area contributed by atoms with Crippen LogP contribution in [0.15, 0.2) is 59.9 Å². The van der Waals surface area contributed by atoms with Crippen molar-refractivity contribution < 1.29 is 9.47 Å². The van der Waals surface area contributed by atoms with Crippen molar-refractivity contribution in [2.75, 3.05) is 20.2 Å². The number of guanidine groups is 1. The number of hydrogen-bond donors (Lipinski definition) is 3. The van der Waals surface area contributed by atoms with Crippen molar-refractivity contribution in [2.24, 2.45) is 4.99 Å². The topological polar surface area (TPSA) is 96.5 Å². The quantitative estimate of drug-likeness (QED) is 0.220. The van der Waals surface area contributed by atoms with Crippen molar-refractivity contribution in [3.63, 3.8) is 0 Å². The molecule has 1 atom stereocenters. The number of H-pyrrole nitrogens is 1. The second-order valence-electron chi connectivity index (χ2n) is 6.72. The molecule has 0 aliphatic rings. The molecule has 2 aromatic carbocycles. The van der Waals surface area contributed by atoms with Gasteiger partial charge in [-0.2, -0.15) is 5.10 Å². The van der Waals surface area contributed by atoms with E-state index in [0.717, 1.165) is 41.0 Å². The largest absolute Gasteiger partial charge is 0.497 e. The van der Waals surface area contributed by atoms with Gasteiger partial charge in [0.2, 0.25) is 0 Å². The number of benzene rings is 2. The van der Waals surface area contributed by atoms with Gasteiger partial charge in [0, 0.05) is 18.2 Å². The van der Waals surface area contributed by atoms with Crippen LogP contribution in [0.5, 0.6) is 11.5 Å². The number of nitrogens with one attached hydrogen (secondary N) is 3. The lowest BCUT2D eigenvalue weighted by atomic mass is 10.1. The summed E-state index contributed by atoms with van der Waals surface area (Å²) in [6, 6.07) is 15.7. The minimum atomic E-state index is -0.0456. The van der Waals surface area contributed by atoms with E-state index in [1.807, 2.05) is 56.3 Å². The minimum absolute atomic E-state index is 0. The monoisotopic (exact) mass is 536 g/mol. The lowest BCUT2D eigenvalue weighted by Crippen LogP contribution is -2.41. The summed E-state index contributed by atoms with van der Waals surface area (Å²) < 4.78 is 11.2. The fraction of sp³-hybridized carbons (Fsp3) is 0.318. The summed E-state index contributed by atoms with van der Waals surface area (Å²) in [6.07, 6.45) is 1.46. The first-order valence-electron chi connectivity index (χ1n) is 9.95. The van der Waals surface area contributed by atoms with Gasteiger partial charge in [-0.25, -0.2) is 9.98 Å². The third kappa shape index (κ3) is 7.74. The summed E-state index contributed by atoms with van der Waals surface area (Å²) in [5.74, 6) is 3.03. The van der Waals surface area contributed by atoms with E-state index in [1.165, 1.54) is 6.33 Å². The maximum Gasteiger partial charge on any atom is 0.191 e. The summed E-state index contributed by atoms with van der Waals surface area (Å²) in [7, 11) is 1.64. The Kier molecular flexibility index (Phi) is 10.1. The lowest BCUT2D eigenvalue weighted by molar-refractivity contribution is 0.223. The first-order valence-corrected chi connectivity index (χ1v) is 9.95. The number of methoxy groups -OCH3 is 1. The predicted octanol–water partition coefficient (Wildman–Crippen LogP) is 3.62. The number of halogens is 1. The number of aliphatic imine (C=N–C) groups is 1. The molecule has 0 spiro atoms. The smallest absolute Gasteiger partial charge is 0.191 e. The highest BCUT2D eigenvalue weighted by molar-refractivity contribution is 14.0. The number of hydrogen-bond acceptors (Lipinski definition) is 5. The molecule has 1 unspecified atom stereocenters. The predicted molar refractivity (Wildman–Crippen MR) is 133 cm³/mol. The van der Waals surface area contributed by atoms with Gasteiger partial charge >= 0.3 is 0 Å². The third-order valence-corrected chi connectivity index (χ3v) is 4.31. The van der Waals surface area contributed by atoms with E-state index in [2.05, 4.69) is 36.9 Å². The van der Waals surface area contributed by atoms with Crippen molar-refractivity contribution in [3.05, 3.63) is 60.4 Å². The minimum Gasteiger partial charge on any atom is -0.497 e. The average molecular weight is 536 g/mol. The molecule has 0 aliphatic carbocycles. The van der Waals surface area contributed by atoms with Crippen LogP contribution in [0.3, 0.4) is 0 Å². The highest BCUT2D eigenvalue weighted by Crippen LogP contribution is 2.20. The Bertz CT molecular complexity index is 949. The van der Waals surface area contributed by atoms with Gasteiger partial charge in [0.15, 0.2) is 11.8 Å². The fourth-order valence-corrected chi connectivity index (χ4v) is 2.86. The molecular formula is C22H29IN6O2. The van der Waals surface area contributed by atoms with Crippen molar-refractivity contribution in [1.82, 2.24) is 25.8 Å². The summed E-state index contributed by atoms with van der Waals surface area (Å²) in [5, 5.41) is 13.4. The van der Waals surface area contributed by atoms with Crippen LogP contribution >= 0.6 is 24.0 Å². The van der Waals surface area contributed by atoms with E-state index < -0.39 is 0 Å².